The molecule has 1 aromatic heterocycles. The number of para-hydroxylation sites is 1. The number of aliphatic imine (C=N–C) groups is 1. The van der Waals surface area contributed by atoms with Crippen LogP contribution in [0.15, 0.2) is 108 Å². The van der Waals surface area contributed by atoms with Gasteiger partial charge in [0.25, 0.3) is 5.91 Å². The Hall–Kier alpha value is -3.27. The highest BCUT2D eigenvalue weighted by Gasteiger charge is 2.34. The molecule has 0 saturated carbocycles. The third kappa shape index (κ3) is 6.84. The van der Waals surface area contributed by atoms with Gasteiger partial charge in [-0.15, -0.1) is 0 Å². The summed E-state index contributed by atoms with van der Waals surface area (Å²) in [6.07, 6.45) is 3.45. The van der Waals surface area contributed by atoms with Gasteiger partial charge in [-0.25, -0.2) is 4.99 Å². The van der Waals surface area contributed by atoms with E-state index in [0.717, 1.165) is 25.8 Å². The molecule has 5 rings (SSSR count). The van der Waals surface area contributed by atoms with Gasteiger partial charge in [0.1, 0.15) is 12.4 Å². The molecular weight excluding hydrogens is 644 g/mol. The number of amidine groups is 1. The minimum Gasteiger partial charge on any atom is -0.490 e. The van der Waals surface area contributed by atoms with Gasteiger partial charge in [0, 0.05) is 4.47 Å². The first kappa shape index (κ1) is 27.3. The van der Waals surface area contributed by atoms with Crippen molar-refractivity contribution in [2.24, 2.45) is 4.99 Å². The highest BCUT2D eigenvalue weighted by atomic mass is 79.9. The summed E-state index contributed by atoms with van der Waals surface area (Å²) in [4.78, 5) is 20.5. The molecule has 198 valence electrons. The van der Waals surface area contributed by atoms with Crippen LogP contribution in [0.2, 0.25) is 0 Å². The van der Waals surface area contributed by atoms with Crippen molar-refractivity contribution in [2.45, 2.75) is 20.1 Å². The zero-order valence-electron chi connectivity index (χ0n) is 21.0. The fraction of sp³-hybridized carbons (Fsp3) is 0.133. The van der Waals surface area contributed by atoms with Gasteiger partial charge in [0.15, 0.2) is 16.7 Å². The number of nitrogens with zero attached hydrogens (tertiary/aromatic N) is 2. The molecule has 0 bridgehead atoms. The lowest BCUT2D eigenvalue weighted by Gasteiger charge is -2.15. The molecule has 4 aromatic rings. The lowest BCUT2D eigenvalue weighted by atomic mass is 10.1. The Kier molecular flexibility index (Phi) is 8.91. The van der Waals surface area contributed by atoms with Gasteiger partial charge in [-0.1, -0.05) is 46.3 Å². The first-order valence-corrected chi connectivity index (χ1v) is 14.6. The average Bonchev–Trinajstić information content (AvgIpc) is 3.54. The highest BCUT2D eigenvalue weighted by molar-refractivity contribution is 9.10. The predicted octanol–water partition coefficient (Wildman–Crippen LogP) is 8.59. The first-order valence-electron chi connectivity index (χ1n) is 12.2. The number of halogens is 2. The summed E-state index contributed by atoms with van der Waals surface area (Å²) in [6, 6.07) is 25.0. The Bertz CT molecular complexity index is 1500. The van der Waals surface area contributed by atoms with E-state index < -0.39 is 0 Å². The van der Waals surface area contributed by atoms with Gasteiger partial charge < -0.3 is 13.9 Å². The van der Waals surface area contributed by atoms with E-state index in [9.17, 15) is 4.79 Å². The third-order valence-corrected chi connectivity index (χ3v) is 7.81. The van der Waals surface area contributed by atoms with E-state index >= 15 is 0 Å². The highest BCUT2D eigenvalue weighted by Crippen LogP contribution is 2.40. The summed E-state index contributed by atoms with van der Waals surface area (Å²) >= 11 is 8.43. The van der Waals surface area contributed by atoms with E-state index in [-0.39, 0.29) is 5.91 Å². The molecule has 0 aliphatic carbocycles. The molecule has 1 saturated heterocycles. The summed E-state index contributed by atoms with van der Waals surface area (Å²) in [6.45, 7) is 3.08. The predicted molar refractivity (Wildman–Crippen MR) is 162 cm³/mol. The molecule has 0 spiro atoms. The number of hydrogen-bond acceptors (Lipinski definition) is 6. The maximum Gasteiger partial charge on any atom is 0.267 e. The summed E-state index contributed by atoms with van der Waals surface area (Å²) in [5, 5.41) is 0.590. The molecule has 0 unspecified atom stereocenters. The van der Waals surface area contributed by atoms with Gasteiger partial charge in [-0.05, 0) is 100 Å². The van der Waals surface area contributed by atoms with Crippen LogP contribution in [0.4, 0.5) is 5.69 Å². The largest absolute Gasteiger partial charge is 0.490 e. The van der Waals surface area contributed by atoms with Gasteiger partial charge in [0.2, 0.25) is 0 Å². The van der Waals surface area contributed by atoms with Gasteiger partial charge in [-0.3, -0.25) is 9.69 Å². The summed E-state index contributed by atoms with van der Waals surface area (Å²) in [7, 11) is 0. The average molecular weight is 668 g/mol. The Labute approximate surface area is 248 Å². The number of ether oxygens (including phenoxy) is 2. The zero-order chi connectivity index (χ0) is 27.2. The second-order valence-electron chi connectivity index (χ2n) is 8.49. The van der Waals surface area contributed by atoms with Crippen molar-refractivity contribution < 1.29 is 18.7 Å². The second kappa shape index (κ2) is 12.7. The number of carbonyl (C=O) groups is 1. The van der Waals surface area contributed by atoms with Crippen molar-refractivity contribution in [3.05, 3.63) is 116 Å². The van der Waals surface area contributed by atoms with Crippen LogP contribution in [0.25, 0.3) is 6.08 Å². The summed E-state index contributed by atoms with van der Waals surface area (Å²) < 4.78 is 19.3. The molecule has 1 aliphatic rings. The minimum absolute atomic E-state index is 0.143. The Morgan fingerprint density at radius 1 is 1.00 bits per heavy atom. The molecule has 0 N–H and O–H groups in total. The Balaban J connectivity index is 1.44. The van der Waals surface area contributed by atoms with Crippen molar-refractivity contribution >= 4 is 66.5 Å². The fourth-order valence-electron chi connectivity index (χ4n) is 3.86. The van der Waals surface area contributed by atoms with Crippen molar-refractivity contribution in [1.82, 2.24) is 4.90 Å². The van der Waals surface area contributed by atoms with E-state index in [1.54, 1.807) is 17.2 Å². The van der Waals surface area contributed by atoms with E-state index in [2.05, 4.69) is 31.9 Å². The SMILES string of the molecule is CCOc1cc(/C=C2\SC(=Nc3ccccc3)N(Cc3ccco3)C2=O)cc(Br)c1OCc1ccc(Br)cc1. The molecule has 3 aromatic carbocycles. The maximum absolute atomic E-state index is 13.5. The lowest BCUT2D eigenvalue weighted by molar-refractivity contribution is -0.122. The summed E-state index contributed by atoms with van der Waals surface area (Å²) in [5.41, 5.74) is 2.61. The van der Waals surface area contributed by atoms with Crippen LogP contribution >= 0.6 is 43.6 Å². The second-order valence-corrected chi connectivity index (χ2v) is 11.3. The van der Waals surface area contributed by atoms with Crippen molar-refractivity contribution in [1.29, 1.82) is 0 Å². The third-order valence-electron chi connectivity index (χ3n) is 5.69. The van der Waals surface area contributed by atoms with E-state index in [1.807, 2.05) is 85.8 Å². The van der Waals surface area contributed by atoms with E-state index in [1.165, 1.54) is 11.8 Å². The van der Waals surface area contributed by atoms with Gasteiger partial charge >= 0.3 is 0 Å². The molecule has 1 fully saturated rings. The van der Waals surface area contributed by atoms with E-state index in [4.69, 9.17) is 18.9 Å². The molecule has 2 heterocycles. The molecule has 9 heteroatoms. The van der Waals surface area contributed by atoms with Crippen LogP contribution in [0.3, 0.4) is 0 Å². The quantitative estimate of drug-likeness (QED) is 0.167. The Morgan fingerprint density at radius 3 is 2.51 bits per heavy atom. The van der Waals surface area contributed by atoms with Crippen molar-refractivity contribution in [3.63, 3.8) is 0 Å². The molecule has 6 nitrogen and oxygen atoms in total. The molecule has 39 heavy (non-hydrogen) atoms. The van der Waals surface area contributed by atoms with Crippen LogP contribution in [0.5, 0.6) is 11.5 Å². The number of thioether (sulfide) groups is 1. The first-order chi connectivity index (χ1) is 19.0. The molecule has 0 radical (unpaired) electrons. The number of rotatable bonds is 9. The normalized spacial score (nSPS) is 15.4. The van der Waals surface area contributed by atoms with Crippen LogP contribution in [0.1, 0.15) is 23.8 Å². The van der Waals surface area contributed by atoms with Gasteiger partial charge in [0.05, 0.1) is 34.5 Å². The number of hydrogen-bond donors (Lipinski definition) is 0. The van der Waals surface area contributed by atoms with Crippen LogP contribution in [-0.4, -0.2) is 22.6 Å². The molecule has 1 aliphatic heterocycles. The monoisotopic (exact) mass is 666 g/mol. The zero-order valence-corrected chi connectivity index (χ0v) is 25.0. The molecule has 1 amide bonds. The van der Waals surface area contributed by atoms with Crippen molar-refractivity contribution in [2.75, 3.05) is 6.61 Å². The number of furan rings is 1. The maximum atomic E-state index is 13.5. The van der Waals surface area contributed by atoms with Crippen LogP contribution < -0.4 is 9.47 Å². The van der Waals surface area contributed by atoms with Crippen LogP contribution in [-0.2, 0) is 17.9 Å². The Morgan fingerprint density at radius 2 is 1.79 bits per heavy atom. The number of carbonyl (C=O) groups excluding carboxylic acids is 1. The topological polar surface area (TPSA) is 64.3 Å². The molecule has 0 atom stereocenters. The van der Waals surface area contributed by atoms with Crippen molar-refractivity contribution in [3.8, 4) is 11.5 Å². The van der Waals surface area contributed by atoms with Crippen LogP contribution in [0, 0.1) is 0 Å². The molecular formula is C30H24Br2N2O4S. The number of benzene rings is 3. The van der Waals surface area contributed by atoms with E-state index in [0.29, 0.717) is 47.1 Å². The van der Waals surface area contributed by atoms with Gasteiger partial charge in [-0.2, -0.15) is 0 Å². The standard InChI is InChI=1S/C30H24Br2N2O4S/c1-2-36-26-16-21(15-25(32)28(26)38-19-20-10-12-22(31)13-11-20)17-27-29(35)34(18-24-9-6-14-37-24)30(39-27)33-23-7-4-3-5-8-23/h3-17H,2,18-19H2,1H3/b27-17-,33-30?. The minimum atomic E-state index is -0.143. The lowest BCUT2D eigenvalue weighted by Crippen LogP contribution is -2.28. The number of amides is 1. The fourth-order valence-corrected chi connectivity index (χ4v) is 5.70. The summed E-state index contributed by atoms with van der Waals surface area (Å²) in [5.74, 6) is 1.74. The smallest absolute Gasteiger partial charge is 0.267 e.